The summed E-state index contributed by atoms with van der Waals surface area (Å²) >= 11 is 1.71. The van der Waals surface area contributed by atoms with Crippen LogP contribution in [0.1, 0.15) is 35.9 Å². The maximum atomic E-state index is 11.3. The van der Waals surface area contributed by atoms with Gasteiger partial charge in [-0.2, -0.15) is 0 Å². The third kappa shape index (κ3) is 3.88. The van der Waals surface area contributed by atoms with Crippen molar-refractivity contribution in [3.63, 3.8) is 0 Å². The Morgan fingerprint density at radius 2 is 2.29 bits per heavy atom. The smallest absolute Gasteiger partial charge is 0.155 e. The molecule has 0 unspecified atom stereocenters. The van der Waals surface area contributed by atoms with Gasteiger partial charge in [0, 0.05) is 16.2 Å². The predicted molar refractivity (Wildman–Crippen MR) is 62.6 cm³/mol. The predicted octanol–water partition coefficient (Wildman–Crippen LogP) is 3.83. The molecule has 0 N–H and O–H groups in total. The van der Waals surface area contributed by atoms with E-state index in [-0.39, 0.29) is 5.78 Å². The molecule has 0 atom stereocenters. The molecule has 1 aromatic heterocycles. The van der Waals surface area contributed by atoms with Gasteiger partial charge in [-0.1, -0.05) is 13.3 Å². The van der Waals surface area contributed by atoms with Crippen LogP contribution in [-0.2, 0) is 4.79 Å². The molecule has 0 fully saturated rings. The van der Waals surface area contributed by atoms with E-state index in [1.165, 1.54) is 4.88 Å². The maximum Gasteiger partial charge on any atom is 0.155 e. The van der Waals surface area contributed by atoms with E-state index < -0.39 is 0 Å². The van der Waals surface area contributed by atoms with Crippen LogP contribution in [0.25, 0.3) is 6.08 Å². The monoisotopic (exact) mass is 208 g/mol. The van der Waals surface area contributed by atoms with Crippen molar-refractivity contribution >= 4 is 23.2 Å². The van der Waals surface area contributed by atoms with Crippen LogP contribution in [0.2, 0.25) is 0 Å². The van der Waals surface area contributed by atoms with Crippen molar-refractivity contribution in [2.24, 2.45) is 0 Å². The number of allylic oxidation sites excluding steroid dienone is 1. The van der Waals surface area contributed by atoms with Crippen LogP contribution in [0, 0.1) is 6.92 Å². The molecule has 0 aliphatic heterocycles. The van der Waals surface area contributed by atoms with E-state index >= 15 is 0 Å². The molecule has 0 aromatic carbocycles. The van der Waals surface area contributed by atoms with Gasteiger partial charge in [-0.15, -0.1) is 11.3 Å². The fourth-order valence-corrected chi connectivity index (χ4v) is 1.93. The molecule has 0 saturated carbocycles. The van der Waals surface area contributed by atoms with Crippen LogP contribution in [-0.4, -0.2) is 5.78 Å². The van der Waals surface area contributed by atoms with E-state index in [1.54, 1.807) is 17.4 Å². The number of carbonyl (C=O) groups is 1. The average molecular weight is 208 g/mol. The Hall–Kier alpha value is -0.890. The highest BCUT2D eigenvalue weighted by atomic mass is 32.1. The molecule has 1 heterocycles. The zero-order chi connectivity index (χ0) is 10.4. The average Bonchev–Trinajstić information content (AvgIpc) is 2.58. The Bertz CT molecular complexity index is 323. The van der Waals surface area contributed by atoms with Gasteiger partial charge in [-0.25, -0.2) is 0 Å². The number of carbonyl (C=O) groups excluding carboxylic acids is 1. The number of rotatable bonds is 5. The highest BCUT2D eigenvalue weighted by Crippen LogP contribution is 2.16. The van der Waals surface area contributed by atoms with Crippen molar-refractivity contribution in [1.29, 1.82) is 0 Å². The van der Waals surface area contributed by atoms with E-state index in [1.807, 2.05) is 12.1 Å². The van der Waals surface area contributed by atoms with Gasteiger partial charge in [-0.05, 0) is 37.6 Å². The minimum atomic E-state index is 0.234. The van der Waals surface area contributed by atoms with Crippen molar-refractivity contribution in [1.82, 2.24) is 0 Å². The summed E-state index contributed by atoms with van der Waals surface area (Å²) in [5, 5.41) is 0. The van der Waals surface area contributed by atoms with E-state index in [2.05, 4.69) is 19.9 Å². The normalized spacial score (nSPS) is 11.0. The quantitative estimate of drug-likeness (QED) is 0.672. The van der Waals surface area contributed by atoms with Crippen LogP contribution < -0.4 is 0 Å². The number of aryl methyl sites for hydroxylation is 1. The topological polar surface area (TPSA) is 17.1 Å². The van der Waals surface area contributed by atoms with Crippen LogP contribution in [0.3, 0.4) is 0 Å². The summed E-state index contributed by atoms with van der Waals surface area (Å²) in [6, 6.07) is 4.12. The number of thiophene rings is 1. The lowest BCUT2D eigenvalue weighted by molar-refractivity contribution is -0.114. The van der Waals surface area contributed by atoms with Gasteiger partial charge < -0.3 is 0 Å². The summed E-state index contributed by atoms with van der Waals surface area (Å²) in [5.41, 5.74) is 0. The third-order valence-electron chi connectivity index (χ3n) is 1.97. The standard InChI is InChI=1S/C12H16OS/c1-3-4-5-11(13)7-9-12-8-6-10(2)14-12/h6-9H,3-5H2,1-2H3/b9-7+. The van der Waals surface area contributed by atoms with E-state index in [4.69, 9.17) is 0 Å². The molecule has 0 radical (unpaired) electrons. The molecule has 0 aliphatic carbocycles. The molecule has 0 saturated heterocycles. The zero-order valence-corrected chi connectivity index (χ0v) is 9.56. The second-order valence-corrected chi connectivity index (χ2v) is 4.67. The van der Waals surface area contributed by atoms with Crippen LogP contribution in [0.15, 0.2) is 18.2 Å². The van der Waals surface area contributed by atoms with Gasteiger partial charge in [0.2, 0.25) is 0 Å². The first kappa shape index (κ1) is 11.2. The van der Waals surface area contributed by atoms with Crippen molar-refractivity contribution in [2.75, 3.05) is 0 Å². The summed E-state index contributed by atoms with van der Waals surface area (Å²) < 4.78 is 0. The van der Waals surface area contributed by atoms with Crippen molar-refractivity contribution < 1.29 is 4.79 Å². The largest absolute Gasteiger partial charge is 0.295 e. The fraction of sp³-hybridized carbons (Fsp3) is 0.417. The highest BCUT2D eigenvalue weighted by Gasteiger charge is 1.96. The lowest BCUT2D eigenvalue weighted by Crippen LogP contribution is -1.90. The molecule has 0 amide bonds. The first-order valence-electron chi connectivity index (χ1n) is 4.99. The number of unbranched alkanes of at least 4 members (excludes halogenated alkanes) is 1. The maximum absolute atomic E-state index is 11.3. The summed E-state index contributed by atoms with van der Waals surface area (Å²) in [7, 11) is 0. The SMILES string of the molecule is CCCCC(=O)/C=C/c1ccc(C)s1. The highest BCUT2D eigenvalue weighted by molar-refractivity contribution is 7.12. The summed E-state index contributed by atoms with van der Waals surface area (Å²) in [5.74, 6) is 0.234. The second-order valence-electron chi connectivity index (χ2n) is 3.35. The third-order valence-corrected chi connectivity index (χ3v) is 2.94. The lowest BCUT2D eigenvalue weighted by atomic mass is 10.2. The molecule has 1 aromatic rings. The second kappa shape index (κ2) is 5.76. The van der Waals surface area contributed by atoms with E-state index in [9.17, 15) is 4.79 Å². The van der Waals surface area contributed by atoms with E-state index in [0.29, 0.717) is 6.42 Å². The molecule has 1 rings (SSSR count). The number of ketones is 1. The van der Waals surface area contributed by atoms with Crippen molar-refractivity contribution in [3.8, 4) is 0 Å². The molecule has 76 valence electrons. The molecular weight excluding hydrogens is 192 g/mol. The first-order chi connectivity index (χ1) is 6.72. The number of hydrogen-bond donors (Lipinski definition) is 0. The Labute approximate surface area is 89.5 Å². The molecule has 0 bridgehead atoms. The van der Waals surface area contributed by atoms with Crippen LogP contribution in [0.5, 0.6) is 0 Å². The molecule has 0 spiro atoms. The van der Waals surface area contributed by atoms with Gasteiger partial charge in [0.15, 0.2) is 5.78 Å². The van der Waals surface area contributed by atoms with Gasteiger partial charge in [0.25, 0.3) is 0 Å². The molecule has 1 nitrogen and oxygen atoms in total. The van der Waals surface area contributed by atoms with Gasteiger partial charge >= 0.3 is 0 Å². The van der Waals surface area contributed by atoms with E-state index in [0.717, 1.165) is 17.7 Å². The minimum Gasteiger partial charge on any atom is -0.295 e. The summed E-state index contributed by atoms with van der Waals surface area (Å²) in [6.07, 6.45) is 6.36. The van der Waals surface area contributed by atoms with Crippen LogP contribution in [0.4, 0.5) is 0 Å². The van der Waals surface area contributed by atoms with Crippen molar-refractivity contribution in [3.05, 3.63) is 28.0 Å². The molecule has 0 aliphatic rings. The Morgan fingerprint density at radius 3 is 2.86 bits per heavy atom. The number of hydrogen-bond acceptors (Lipinski definition) is 2. The Kier molecular flexibility index (Phi) is 4.60. The van der Waals surface area contributed by atoms with Gasteiger partial charge in [0.05, 0.1) is 0 Å². The van der Waals surface area contributed by atoms with Crippen LogP contribution >= 0.6 is 11.3 Å². The summed E-state index contributed by atoms with van der Waals surface area (Å²) in [4.78, 5) is 13.7. The molecular formula is C12H16OS. The minimum absolute atomic E-state index is 0.234. The lowest BCUT2D eigenvalue weighted by Gasteiger charge is -1.90. The first-order valence-corrected chi connectivity index (χ1v) is 5.81. The van der Waals surface area contributed by atoms with Gasteiger partial charge in [-0.3, -0.25) is 4.79 Å². The Balaban J connectivity index is 2.43. The zero-order valence-electron chi connectivity index (χ0n) is 8.75. The fourth-order valence-electron chi connectivity index (χ4n) is 1.15. The molecule has 14 heavy (non-hydrogen) atoms. The Morgan fingerprint density at radius 1 is 1.50 bits per heavy atom. The molecule has 2 heteroatoms. The van der Waals surface area contributed by atoms with Crippen molar-refractivity contribution in [2.45, 2.75) is 33.1 Å². The summed E-state index contributed by atoms with van der Waals surface area (Å²) in [6.45, 7) is 4.17. The van der Waals surface area contributed by atoms with Gasteiger partial charge in [0.1, 0.15) is 0 Å².